The lowest BCUT2D eigenvalue weighted by Crippen LogP contribution is -2.14. The molecule has 6 rings (SSSR count). The summed E-state index contributed by atoms with van der Waals surface area (Å²) < 4.78 is 37.9. The van der Waals surface area contributed by atoms with E-state index in [0.717, 1.165) is 57.8 Å². The molecule has 216 valence electrons. The van der Waals surface area contributed by atoms with Gasteiger partial charge in [-0.15, -0.1) is 0 Å². The first-order valence-electron chi connectivity index (χ1n) is 14.1. The molecule has 1 N–H and O–H groups in total. The zero-order valence-corrected chi connectivity index (χ0v) is 25.8. The third-order valence-corrected chi connectivity index (χ3v) is 10.3. The Morgan fingerprint density at radius 2 is 1.76 bits per heavy atom. The summed E-state index contributed by atoms with van der Waals surface area (Å²) in [6.45, 7) is 8.68. The second kappa shape index (κ2) is 11.0. The highest BCUT2D eigenvalue weighted by molar-refractivity contribution is 7.93. The highest BCUT2D eigenvalue weighted by atomic mass is 32.2. The average molecular weight is 599 g/mol. The molecular weight excluding hydrogens is 565 g/mol. The van der Waals surface area contributed by atoms with Gasteiger partial charge in [-0.05, 0) is 91.6 Å². The second-order valence-corrected chi connectivity index (χ2v) is 14.4. The number of hydrogen-bond donors (Lipinski definition) is 1. The summed E-state index contributed by atoms with van der Waals surface area (Å²) in [6, 6.07) is 22.7. The minimum Gasteiger partial charge on any atom is -0.490 e. The molecule has 0 amide bonds. The molecule has 1 unspecified atom stereocenters. The fourth-order valence-corrected chi connectivity index (χ4v) is 7.92. The minimum atomic E-state index is -3.92. The number of nitrogens with zero attached hydrogens (tertiary/aromatic N) is 3. The first-order valence-corrected chi connectivity index (χ1v) is 16.4. The second-order valence-electron chi connectivity index (χ2n) is 11.7. The van der Waals surface area contributed by atoms with Gasteiger partial charge in [0.15, 0.2) is 5.13 Å². The summed E-state index contributed by atoms with van der Waals surface area (Å²) in [5, 5.41) is 4.52. The van der Waals surface area contributed by atoms with Crippen molar-refractivity contribution in [3.8, 4) is 33.1 Å². The van der Waals surface area contributed by atoms with E-state index in [0.29, 0.717) is 16.2 Å². The van der Waals surface area contributed by atoms with Gasteiger partial charge in [-0.2, -0.15) is 5.10 Å². The maximum absolute atomic E-state index is 13.6. The largest absolute Gasteiger partial charge is 0.490 e. The molecule has 0 aliphatic heterocycles. The molecule has 0 radical (unpaired) electrons. The Balaban J connectivity index is 1.37. The summed E-state index contributed by atoms with van der Waals surface area (Å²) in [5.41, 5.74) is 5.77. The Morgan fingerprint density at radius 1 is 1.00 bits per heavy atom. The number of aromatic nitrogens is 3. The molecule has 2 heterocycles. The van der Waals surface area contributed by atoms with Gasteiger partial charge in [0.05, 0.1) is 27.3 Å². The Hall–Kier alpha value is -3.95. The molecule has 1 fully saturated rings. The Labute approximate surface area is 251 Å². The number of sulfonamides is 1. The van der Waals surface area contributed by atoms with Crippen molar-refractivity contribution in [3.63, 3.8) is 0 Å². The Bertz CT molecular complexity index is 1820. The van der Waals surface area contributed by atoms with Crippen molar-refractivity contribution in [2.45, 2.75) is 58.0 Å². The fraction of sp³-hybridized carbons (Fsp3) is 0.273. The van der Waals surface area contributed by atoms with Crippen molar-refractivity contribution in [3.05, 3.63) is 96.3 Å². The van der Waals surface area contributed by atoms with Gasteiger partial charge in [-0.3, -0.25) is 4.72 Å². The van der Waals surface area contributed by atoms with Crippen LogP contribution in [0, 0.1) is 19.3 Å². The van der Waals surface area contributed by atoms with Gasteiger partial charge in [0.25, 0.3) is 10.0 Å². The standard InChI is InChI=1S/C33H34N4O3S2/c1-22-9-5-10-23(2)29(22)30-31(24-11-6-13-26(19-24)40-27-15-16-33(3,4)21-27)41-32(35-30)36-42(38,39)28-14-7-12-25(20-28)37-18-8-17-34-37/h5-14,17-20,27H,15-16,21H2,1-4H3,(H,35,36). The van der Waals surface area contributed by atoms with Crippen molar-refractivity contribution in [2.24, 2.45) is 5.41 Å². The molecule has 3 aromatic carbocycles. The average Bonchev–Trinajstić information content (AvgIpc) is 3.70. The molecule has 7 nitrogen and oxygen atoms in total. The lowest BCUT2D eigenvalue weighted by atomic mass is 9.92. The number of rotatable bonds is 8. The van der Waals surface area contributed by atoms with E-state index < -0.39 is 10.0 Å². The van der Waals surface area contributed by atoms with Gasteiger partial charge in [-0.25, -0.2) is 18.1 Å². The van der Waals surface area contributed by atoms with Crippen LogP contribution in [-0.2, 0) is 10.0 Å². The highest BCUT2D eigenvalue weighted by Gasteiger charge is 2.32. The SMILES string of the molecule is Cc1cccc(C)c1-c1nc(NS(=O)(=O)c2cccc(-n3cccn3)c2)sc1-c1cccc(OC2CCC(C)(C)C2)c1. The Morgan fingerprint density at radius 3 is 2.48 bits per heavy atom. The zero-order chi connectivity index (χ0) is 29.5. The first-order chi connectivity index (χ1) is 20.1. The molecule has 0 saturated heterocycles. The van der Waals surface area contributed by atoms with Crippen LogP contribution >= 0.6 is 11.3 Å². The number of anilines is 1. The normalized spacial score (nSPS) is 16.4. The zero-order valence-electron chi connectivity index (χ0n) is 24.2. The van der Waals surface area contributed by atoms with Crippen LogP contribution in [0.4, 0.5) is 5.13 Å². The Kier molecular flexibility index (Phi) is 7.41. The smallest absolute Gasteiger partial charge is 0.263 e. The topological polar surface area (TPSA) is 86.1 Å². The molecule has 1 aliphatic rings. The third kappa shape index (κ3) is 5.84. The minimum absolute atomic E-state index is 0.135. The van der Waals surface area contributed by atoms with Crippen LogP contribution in [0.2, 0.25) is 0 Å². The molecule has 0 bridgehead atoms. The van der Waals surface area contributed by atoms with Crippen LogP contribution in [0.3, 0.4) is 0 Å². The number of hydrogen-bond acceptors (Lipinski definition) is 6. The van der Waals surface area contributed by atoms with Crippen molar-refractivity contribution in [2.75, 3.05) is 4.72 Å². The molecule has 5 aromatic rings. The van der Waals surface area contributed by atoms with Crippen LogP contribution in [0.25, 0.3) is 27.4 Å². The maximum atomic E-state index is 13.6. The van der Waals surface area contributed by atoms with E-state index >= 15 is 0 Å². The third-order valence-electron chi connectivity index (χ3n) is 7.79. The van der Waals surface area contributed by atoms with E-state index in [-0.39, 0.29) is 11.0 Å². The van der Waals surface area contributed by atoms with Crippen molar-refractivity contribution >= 4 is 26.5 Å². The van der Waals surface area contributed by atoms with E-state index in [4.69, 9.17) is 9.72 Å². The molecule has 9 heteroatoms. The number of thiazole rings is 1. The summed E-state index contributed by atoms with van der Waals surface area (Å²) in [7, 11) is -3.92. The highest BCUT2D eigenvalue weighted by Crippen LogP contribution is 2.44. The molecule has 0 spiro atoms. The molecule has 1 atom stereocenters. The summed E-state index contributed by atoms with van der Waals surface area (Å²) in [4.78, 5) is 5.90. The predicted molar refractivity (Wildman–Crippen MR) is 169 cm³/mol. The first kappa shape index (κ1) is 28.2. The molecule has 1 saturated carbocycles. The molecule has 1 aliphatic carbocycles. The van der Waals surface area contributed by atoms with Crippen LogP contribution in [0.1, 0.15) is 44.2 Å². The summed E-state index contributed by atoms with van der Waals surface area (Å²) in [5.74, 6) is 0.814. The lowest BCUT2D eigenvalue weighted by molar-refractivity contribution is 0.193. The number of nitrogens with one attached hydrogen (secondary N) is 1. The number of aryl methyl sites for hydroxylation is 2. The summed E-state index contributed by atoms with van der Waals surface area (Å²) >= 11 is 1.33. The van der Waals surface area contributed by atoms with Crippen LogP contribution < -0.4 is 9.46 Å². The lowest BCUT2D eigenvalue weighted by Gasteiger charge is -2.18. The fourth-order valence-electron chi connectivity index (χ4n) is 5.68. The van der Waals surface area contributed by atoms with E-state index in [9.17, 15) is 8.42 Å². The van der Waals surface area contributed by atoms with Crippen molar-refractivity contribution < 1.29 is 13.2 Å². The maximum Gasteiger partial charge on any atom is 0.263 e. The number of benzene rings is 3. The van der Waals surface area contributed by atoms with Crippen molar-refractivity contribution in [1.29, 1.82) is 0 Å². The van der Waals surface area contributed by atoms with Crippen molar-refractivity contribution in [1.82, 2.24) is 14.8 Å². The summed E-state index contributed by atoms with van der Waals surface area (Å²) in [6.07, 6.45) is 6.83. The molecular formula is C33H34N4O3S2. The molecule has 2 aromatic heterocycles. The van der Waals surface area contributed by atoms with Crippen LogP contribution in [0.5, 0.6) is 5.75 Å². The van der Waals surface area contributed by atoms with Gasteiger partial charge in [0, 0.05) is 18.0 Å². The quantitative estimate of drug-likeness (QED) is 0.195. The van der Waals surface area contributed by atoms with E-state index in [1.54, 1.807) is 41.3 Å². The predicted octanol–water partition coefficient (Wildman–Crippen LogP) is 8.04. The van der Waals surface area contributed by atoms with Crippen LogP contribution in [-0.4, -0.2) is 29.3 Å². The van der Waals surface area contributed by atoms with E-state index in [2.05, 4.69) is 49.6 Å². The van der Waals surface area contributed by atoms with E-state index in [1.165, 1.54) is 11.3 Å². The van der Waals surface area contributed by atoms with Gasteiger partial charge < -0.3 is 4.74 Å². The van der Waals surface area contributed by atoms with Gasteiger partial charge in [-0.1, -0.05) is 61.6 Å². The van der Waals surface area contributed by atoms with Gasteiger partial charge in [0.1, 0.15) is 5.75 Å². The number of ether oxygens (including phenoxy) is 1. The van der Waals surface area contributed by atoms with E-state index in [1.807, 2.05) is 36.4 Å². The molecule has 42 heavy (non-hydrogen) atoms. The van der Waals surface area contributed by atoms with Gasteiger partial charge in [0.2, 0.25) is 0 Å². The monoisotopic (exact) mass is 598 g/mol. The van der Waals surface area contributed by atoms with Crippen LogP contribution in [0.15, 0.2) is 90.1 Å². The van der Waals surface area contributed by atoms with Gasteiger partial charge >= 0.3 is 0 Å².